The Balaban J connectivity index is 1.67. The molecule has 2 aromatic carbocycles. The van der Waals surface area contributed by atoms with Crippen molar-refractivity contribution in [3.63, 3.8) is 0 Å². The van der Waals surface area contributed by atoms with Gasteiger partial charge in [-0.05, 0) is 56.5 Å². The van der Waals surface area contributed by atoms with Crippen LogP contribution in [0.2, 0.25) is 0 Å². The van der Waals surface area contributed by atoms with Crippen LogP contribution in [0.3, 0.4) is 0 Å². The van der Waals surface area contributed by atoms with Gasteiger partial charge in [0, 0.05) is 0 Å². The number of ether oxygens (including phenoxy) is 1. The Hall–Kier alpha value is -2.40. The average Bonchev–Trinajstić information content (AvgIpc) is 2.89. The molecule has 0 unspecified atom stereocenters. The van der Waals surface area contributed by atoms with Crippen LogP contribution >= 0.6 is 11.3 Å². The number of nitrogens with one attached hydrogen (secondary N) is 1. The van der Waals surface area contributed by atoms with Crippen LogP contribution in [-0.4, -0.2) is 17.5 Å². The molecule has 1 aromatic heterocycles. The lowest BCUT2D eigenvalue weighted by Crippen LogP contribution is -2.20. The lowest BCUT2D eigenvalue weighted by Gasteiger charge is -2.09. The fourth-order valence-electron chi connectivity index (χ4n) is 2.68. The molecule has 0 spiro atoms. The highest BCUT2D eigenvalue weighted by Crippen LogP contribution is 2.29. The van der Waals surface area contributed by atoms with E-state index in [4.69, 9.17) is 4.74 Å². The maximum atomic E-state index is 12.1. The van der Waals surface area contributed by atoms with Gasteiger partial charge >= 0.3 is 0 Å². The van der Waals surface area contributed by atoms with Crippen LogP contribution in [0.1, 0.15) is 22.3 Å². The molecular weight excluding hydrogens is 320 g/mol. The first-order valence-corrected chi connectivity index (χ1v) is 8.62. The zero-order chi connectivity index (χ0) is 17.3. The molecule has 0 atom stereocenters. The summed E-state index contributed by atoms with van der Waals surface area (Å²) >= 11 is 1.48. The number of aromatic nitrogens is 1. The van der Waals surface area contributed by atoms with E-state index < -0.39 is 0 Å². The Bertz CT molecular complexity index is 915. The van der Waals surface area contributed by atoms with E-state index in [1.54, 1.807) is 0 Å². The molecule has 1 amide bonds. The van der Waals surface area contributed by atoms with Gasteiger partial charge in [-0.1, -0.05) is 35.1 Å². The minimum atomic E-state index is -0.205. The Morgan fingerprint density at radius 3 is 2.58 bits per heavy atom. The molecule has 5 heteroatoms. The summed E-state index contributed by atoms with van der Waals surface area (Å²) in [6.45, 7) is 8.06. The number of rotatable bonds is 4. The largest absolute Gasteiger partial charge is 0.483 e. The van der Waals surface area contributed by atoms with Crippen LogP contribution in [0.25, 0.3) is 10.2 Å². The molecule has 0 aliphatic rings. The van der Waals surface area contributed by atoms with Gasteiger partial charge in [-0.2, -0.15) is 0 Å². The zero-order valence-electron chi connectivity index (χ0n) is 14.3. The second-order valence-corrected chi connectivity index (χ2v) is 7.08. The maximum absolute atomic E-state index is 12.1. The third-order valence-corrected chi connectivity index (χ3v) is 4.68. The first-order valence-electron chi connectivity index (χ1n) is 7.80. The normalized spacial score (nSPS) is 10.8. The van der Waals surface area contributed by atoms with Gasteiger partial charge in [0.2, 0.25) is 0 Å². The van der Waals surface area contributed by atoms with Crippen molar-refractivity contribution in [1.82, 2.24) is 4.98 Å². The second-order valence-electron chi connectivity index (χ2n) is 6.05. The molecule has 0 aliphatic heterocycles. The number of hydrogen-bond acceptors (Lipinski definition) is 4. The molecule has 3 aromatic rings. The fraction of sp³-hybridized carbons (Fsp3) is 0.263. The topological polar surface area (TPSA) is 51.2 Å². The van der Waals surface area contributed by atoms with Gasteiger partial charge in [-0.15, -0.1) is 0 Å². The summed E-state index contributed by atoms with van der Waals surface area (Å²) in [7, 11) is 0. The van der Waals surface area contributed by atoms with Crippen LogP contribution < -0.4 is 10.1 Å². The SMILES string of the molecule is Cc1ccc(OCC(=O)Nc2nc3c(C)cc(C)cc3s2)c(C)c1. The Morgan fingerprint density at radius 2 is 1.83 bits per heavy atom. The van der Waals surface area contributed by atoms with Gasteiger partial charge in [0.25, 0.3) is 5.91 Å². The van der Waals surface area contributed by atoms with Gasteiger partial charge in [0.15, 0.2) is 11.7 Å². The molecular formula is C19H20N2O2S. The highest BCUT2D eigenvalue weighted by molar-refractivity contribution is 7.22. The molecule has 0 saturated heterocycles. The quantitative estimate of drug-likeness (QED) is 0.758. The number of benzene rings is 2. The smallest absolute Gasteiger partial charge is 0.264 e. The molecule has 0 radical (unpaired) electrons. The fourth-order valence-corrected chi connectivity index (χ4v) is 3.74. The Labute approximate surface area is 145 Å². The number of fused-ring (bicyclic) bond motifs is 1. The van der Waals surface area contributed by atoms with Gasteiger partial charge < -0.3 is 4.74 Å². The molecule has 1 heterocycles. The van der Waals surface area contributed by atoms with Crippen LogP contribution in [-0.2, 0) is 4.79 Å². The van der Waals surface area contributed by atoms with Crippen LogP contribution in [0, 0.1) is 27.7 Å². The number of aryl methyl sites for hydroxylation is 4. The van der Waals surface area contributed by atoms with Gasteiger partial charge in [-0.25, -0.2) is 4.98 Å². The lowest BCUT2D eigenvalue weighted by atomic mass is 10.1. The minimum absolute atomic E-state index is 0.0299. The monoisotopic (exact) mass is 340 g/mol. The van der Waals surface area contributed by atoms with Crippen molar-refractivity contribution in [1.29, 1.82) is 0 Å². The third kappa shape index (κ3) is 3.57. The second kappa shape index (κ2) is 6.61. The van der Waals surface area contributed by atoms with Gasteiger partial charge in [0.1, 0.15) is 5.75 Å². The lowest BCUT2D eigenvalue weighted by molar-refractivity contribution is -0.118. The summed E-state index contributed by atoms with van der Waals surface area (Å²) in [4.78, 5) is 16.6. The van der Waals surface area contributed by atoms with Crippen molar-refractivity contribution in [3.8, 4) is 5.75 Å². The van der Waals surface area contributed by atoms with Gasteiger partial charge in [-0.3, -0.25) is 10.1 Å². The summed E-state index contributed by atoms with van der Waals surface area (Å²) in [6.07, 6.45) is 0. The first-order chi connectivity index (χ1) is 11.4. The number of carbonyl (C=O) groups is 1. The van der Waals surface area contributed by atoms with Crippen molar-refractivity contribution < 1.29 is 9.53 Å². The summed E-state index contributed by atoms with van der Waals surface area (Å²) in [5.41, 5.74) is 5.45. The number of thiazole rings is 1. The summed E-state index contributed by atoms with van der Waals surface area (Å²) in [5.74, 6) is 0.523. The highest BCUT2D eigenvalue weighted by Gasteiger charge is 2.11. The third-order valence-electron chi connectivity index (χ3n) is 3.77. The molecule has 4 nitrogen and oxygen atoms in total. The molecule has 0 aliphatic carbocycles. The Morgan fingerprint density at radius 1 is 1.08 bits per heavy atom. The van der Waals surface area contributed by atoms with E-state index in [9.17, 15) is 4.79 Å². The number of carbonyl (C=O) groups excluding carboxylic acids is 1. The molecule has 1 N–H and O–H groups in total. The number of anilines is 1. The molecule has 124 valence electrons. The van der Waals surface area contributed by atoms with Crippen molar-refractivity contribution in [2.24, 2.45) is 0 Å². The van der Waals surface area contributed by atoms with E-state index in [0.29, 0.717) is 5.13 Å². The molecule has 24 heavy (non-hydrogen) atoms. The Kier molecular flexibility index (Phi) is 4.53. The van der Waals surface area contributed by atoms with Crippen molar-refractivity contribution >= 4 is 32.6 Å². The molecule has 0 fully saturated rings. The molecule has 0 bridgehead atoms. The first kappa shape index (κ1) is 16.5. The number of hydrogen-bond donors (Lipinski definition) is 1. The standard InChI is InChI=1S/C19H20N2O2S/c1-11-5-6-15(13(3)7-11)23-10-17(22)20-19-21-18-14(4)8-12(2)9-16(18)24-19/h5-9H,10H2,1-4H3,(H,20,21,22). The van der Waals surface area contributed by atoms with E-state index in [1.807, 2.05) is 39.0 Å². The van der Waals surface area contributed by atoms with Crippen LogP contribution in [0.15, 0.2) is 30.3 Å². The van der Waals surface area contributed by atoms with Crippen molar-refractivity contribution in [2.45, 2.75) is 27.7 Å². The average molecular weight is 340 g/mol. The van der Waals surface area contributed by atoms with E-state index in [-0.39, 0.29) is 12.5 Å². The zero-order valence-corrected chi connectivity index (χ0v) is 15.1. The van der Waals surface area contributed by atoms with E-state index in [0.717, 1.165) is 27.1 Å². The van der Waals surface area contributed by atoms with Crippen LogP contribution in [0.4, 0.5) is 5.13 Å². The van der Waals surface area contributed by atoms with E-state index in [1.165, 1.54) is 22.5 Å². The molecule has 3 rings (SSSR count). The summed E-state index contributed by atoms with van der Waals surface area (Å²) < 4.78 is 6.69. The predicted molar refractivity (Wildman–Crippen MR) is 99.1 cm³/mol. The number of amides is 1. The summed E-state index contributed by atoms with van der Waals surface area (Å²) in [6, 6.07) is 10.1. The maximum Gasteiger partial charge on any atom is 0.264 e. The molecule has 0 saturated carbocycles. The van der Waals surface area contributed by atoms with Crippen molar-refractivity contribution in [2.75, 3.05) is 11.9 Å². The van der Waals surface area contributed by atoms with Crippen molar-refractivity contribution in [3.05, 3.63) is 52.6 Å². The minimum Gasteiger partial charge on any atom is -0.483 e. The van der Waals surface area contributed by atoms with E-state index in [2.05, 4.69) is 29.4 Å². The van der Waals surface area contributed by atoms with Crippen LogP contribution in [0.5, 0.6) is 5.75 Å². The van der Waals surface area contributed by atoms with E-state index >= 15 is 0 Å². The summed E-state index contributed by atoms with van der Waals surface area (Å²) in [5, 5.41) is 3.43. The number of nitrogens with zero attached hydrogens (tertiary/aromatic N) is 1. The highest BCUT2D eigenvalue weighted by atomic mass is 32.1. The predicted octanol–water partition coefficient (Wildman–Crippen LogP) is 4.55. The van der Waals surface area contributed by atoms with Gasteiger partial charge in [0.05, 0.1) is 10.2 Å².